The summed E-state index contributed by atoms with van der Waals surface area (Å²) in [7, 11) is 1.65. The minimum absolute atomic E-state index is 0.159. The minimum atomic E-state index is 0.159. The van der Waals surface area contributed by atoms with E-state index in [0.29, 0.717) is 25.0 Å². The minimum Gasteiger partial charge on any atom is -0.497 e. The van der Waals surface area contributed by atoms with Crippen LogP contribution >= 0.6 is 0 Å². The molecule has 2 fully saturated rings. The highest BCUT2D eigenvalue weighted by Crippen LogP contribution is 2.42. The first kappa shape index (κ1) is 16.9. The predicted octanol–water partition coefficient (Wildman–Crippen LogP) is 3.09. The van der Waals surface area contributed by atoms with Crippen molar-refractivity contribution in [1.29, 1.82) is 0 Å². The van der Waals surface area contributed by atoms with Gasteiger partial charge in [0.2, 0.25) is 5.91 Å². The molecule has 1 aromatic carbocycles. The van der Waals surface area contributed by atoms with Gasteiger partial charge in [0.05, 0.1) is 19.6 Å². The van der Waals surface area contributed by atoms with Gasteiger partial charge < -0.3 is 14.4 Å². The van der Waals surface area contributed by atoms with Gasteiger partial charge in [0.15, 0.2) is 0 Å². The fourth-order valence-corrected chi connectivity index (χ4v) is 4.30. The Labute approximate surface area is 153 Å². The van der Waals surface area contributed by atoms with Gasteiger partial charge in [-0.15, -0.1) is 0 Å². The summed E-state index contributed by atoms with van der Waals surface area (Å²) >= 11 is 0. The van der Waals surface area contributed by atoms with Crippen molar-refractivity contribution in [3.05, 3.63) is 54.4 Å². The van der Waals surface area contributed by atoms with Gasteiger partial charge >= 0.3 is 0 Å². The van der Waals surface area contributed by atoms with E-state index in [1.807, 2.05) is 42.5 Å². The van der Waals surface area contributed by atoms with Gasteiger partial charge in [0.1, 0.15) is 18.1 Å². The smallest absolute Gasteiger partial charge is 0.229 e. The molecule has 4 rings (SSSR count). The number of nitrogens with zero attached hydrogens (tertiary/aromatic N) is 2. The van der Waals surface area contributed by atoms with Crippen LogP contribution in [-0.4, -0.2) is 41.6 Å². The number of amides is 1. The van der Waals surface area contributed by atoms with E-state index in [-0.39, 0.29) is 11.9 Å². The normalized spacial score (nSPS) is 23.9. The molecule has 5 nitrogen and oxygen atoms in total. The fourth-order valence-electron chi connectivity index (χ4n) is 4.30. The Balaban J connectivity index is 1.42. The summed E-state index contributed by atoms with van der Waals surface area (Å²) in [5, 5.41) is 0. The van der Waals surface area contributed by atoms with Gasteiger partial charge in [0, 0.05) is 17.9 Å². The standard InChI is InChI=1S/C21H24N2O3/c1-25-18-7-9-19(10-8-18)26-14-20-15-5-6-17(12-15)23(20)21(24)13-16-4-2-3-11-22-16/h2-4,7-11,15,17,20H,5-6,12-14H2,1H3/t15-,17-,20-/m0/s1. The molecule has 1 amide bonds. The molecular weight excluding hydrogens is 328 g/mol. The number of rotatable bonds is 6. The second kappa shape index (κ2) is 7.36. The van der Waals surface area contributed by atoms with E-state index in [4.69, 9.17) is 9.47 Å². The lowest BCUT2D eigenvalue weighted by atomic mass is 9.99. The molecule has 2 aliphatic rings. The number of likely N-dealkylation sites (tertiary alicyclic amines) is 1. The zero-order valence-electron chi connectivity index (χ0n) is 15.0. The van der Waals surface area contributed by atoms with Crippen molar-refractivity contribution in [3.8, 4) is 11.5 Å². The Kier molecular flexibility index (Phi) is 4.78. The zero-order valence-corrected chi connectivity index (χ0v) is 15.0. The van der Waals surface area contributed by atoms with Gasteiger partial charge in [-0.05, 0) is 61.6 Å². The van der Waals surface area contributed by atoms with E-state index in [0.717, 1.165) is 30.0 Å². The van der Waals surface area contributed by atoms with E-state index in [9.17, 15) is 4.79 Å². The maximum atomic E-state index is 12.9. The van der Waals surface area contributed by atoms with Crippen molar-refractivity contribution < 1.29 is 14.3 Å². The van der Waals surface area contributed by atoms with Crippen LogP contribution in [0.2, 0.25) is 0 Å². The number of methoxy groups -OCH3 is 1. The first-order valence-electron chi connectivity index (χ1n) is 9.22. The van der Waals surface area contributed by atoms with Crippen molar-refractivity contribution in [3.63, 3.8) is 0 Å². The average Bonchev–Trinajstić information content (AvgIpc) is 3.29. The zero-order chi connectivity index (χ0) is 17.9. The second-order valence-electron chi connectivity index (χ2n) is 7.08. The maximum absolute atomic E-state index is 12.9. The van der Waals surface area contributed by atoms with Crippen LogP contribution in [0.3, 0.4) is 0 Å². The van der Waals surface area contributed by atoms with Gasteiger partial charge in [-0.3, -0.25) is 9.78 Å². The van der Waals surface area contributed by atoms with E-state index < -0.39 is 0 Å². The number of piperidine rings is 1. The highest BCUT2D eigenvalue weighted by atomic mass is 16.5. The number of carbonyl (C=O) groups excluding carboxylic acids is 1. The van der Waals surface area contributed by atoms with Crippen LogP contribution in [0.1, 0.15) is 25.0 Å². The monoisotopic (exact) mass is 352 g/mol. The first-order valence-corrected chi connectivity index (χ1v) is 9.22. The van der Waals surface area contributed by atoms with Crippen molar-refractivity contribution in [2.75, 3.05) is 13.7 Å². The molecule has 0 spiro atoms. The van der Waals surface area contributed by atoms with E-state index >= 15 is 0 Å². The summed E-state index contributed by atoms with van der Waals surface area (Å²) in [6.07, 6.45) is 5.50. The van der Waals surface area contributed by atoms with Gasteiger partial charge in [-0.25, -0.2) is 0 Å². The lowest BCUT2D eigenvalue weighted by molar-refractivity contribution is -0.135. The summed E-state index contributed by atoms with van der Waals surface area (Å²) in [5.41, 5.74) is 0.829. The van der Waals surface area contributed by atoms with E-state index in [1.54, 1.807) is 13.3 Å². The third-order valence-electron chi connectivity index (χ3n) is 5.57. The Hall–Kier alpha value is -2.56. The van der Waals surface area contributed by atoms with Crippen molar-refractivity contribution >= 4 is 5.91 Å². The van der Waals surface area contributed by atoms with Crippen LogP contribution in [0, 0.1) is 5.92 Å². The molecule has 2 heterocycles. The van der Waals surface area contributed by atoms with Crippen molar-refractivity contribution in [2.24, 2.45) is 5.92 Å². The molecule has 5 heteroatoms. The summed E-state index contributed by atoms with van der Waals surface area (Å²) in [5.74, 6) is 2.33. The largest absolute Gasteiger partial charge is 0.497 e. The maximum Gasteiger partial charge on any atom is 0.229 e. The van der Waals surface area contributed by atoms with Gasteiger partial charge in [0.25, 0.3) is 0 Å². The highest BCUT2D eigenvalue weighted by Gasteiger charge is 2.48. The molecule has 1 aromatic heterocycles. The highest BCUT2D eigenvalue weighted by molar-refractivity contribution is 5.79. The van der Waals surface area contributed by atoms with Crippen LogP contribution in [-0.2, 0) is 11.2 Å². The Morgan fingerprint density at radius 2 is 1.96 bits per heavy atom. The third-order valence-corrected chi connectivity index (χ3v) is 5.57. The van der Waals surface area contributed by atoms with E-state index in [1.165, 1.54) is 6.42 Å². The number of carbonyl (C=O) groups is 1. The average molecular weight is 352 g/mol. The molecule has 1 saturated heterocycles. The number of benzene rings is 1. The van der Waals surface area contributed by atoms with E-state index in [2.05, 4.69) is 9.88 Å². The van der Waals surface area contributed by atoms with Crippen LogP contribution in [0.15, 0.2) is 48.7 Å². The number of hydrogen-bond donors (Lipinski definition) is 0. The molecule has 1 aliphatic heterocycles. The lowest BCUT2D eigenvalue weighted by Crippen LogP contribution is -2.48. The lowest BCUT2D eigenvalue weighted by Gasteiger charge is -2.35. The summed E-state index contributed by atoms with van der Waals surface area (Å²) < 4.78 is 11.2. The SMILES string of the molecule is COc1ccc(OC[C@H]2[C@H]3CC[C@@H](C3)N2C(=O)Cc2ccccn2)cc1. The molecular formula is C21H24N2O3. The predicted molar refractivity (Wildman–Crippen MR) is 98.2 cm³/mol. The molecule has 0 radical (unpaired) electrons. The number of pyridine rings is 1. The molecule has 0 N–H and O–H groups in total. The van der Waals surface area contributed by atoms with Gasteiger partial charge in [-0.2, -0.15) is 0 Å². The Morgan fingerprint density at radius 3 is 2.69 bits per heavy atom. The Bertz CT molecular complexity index is 748. The van der Waals surface area contributed by atoms with Crippen molar-refractivity contribution in [2.45, 2.75) is 37.8 Å². The molecule has 3 atom stereocenters. The topological polar surface area (TPSA) is 51.7 Å². The number of aromatic nitrogens is 1. The quantitative estimate of drug-likeness (QED) is 0.802. The molecule has 136 valence electrons. The van der Waals surface area contributed by atoms with Crippen LogP contribution in [0.5, 0.6) is 11.5 Å². The van der Waals surface area contributed by atoms with Crippen LogP contribution < -0.4 is 9.47 Å². The molecule has 1 saturated carbocycles. The van der Waals surface area contributed by atoms with Crippen LogP contribution in [0.25, 0.3) is 0 Å². The third kappa shape index (κ3) is 3.39. The summed E-state index contributed by atoms with van der Waals surface area (Å²) in [6.45, 7) is 0.543. The first-order chi connectivity index (χ1) is 12.7. The Morgan fingerprint density at radius 1 is 1.15 bits per heavy atom. The molecule has 26 heavy (non-hydrogen) atoms. The van der Waals surface area contributed by atoms with Crippen molar-refractivity contribution in [1.82, 2.24) is 9.88 Å². The second-order valence-corrected chi connectivity index (χ2v) is 7.08. The number of hydrogen-bond acceptors (Lipinski definition) is 4. The molecule has 2 bridgehead atoms. The molecule has 2 aromatic rings. The summed E-state index contributed by atoms with van der Waals surface area (Å²) in [6, 6.07) is 13.8. The summed E-state index contributed by atoms with van der Waals surface area (Å²) in [4.78, 5) is 19.3. The number of fused-ring (bicyclic) bond motifs is 2. The van der Waals surface area contributed by atoms with Crippen LogP contribution in [0.4, 0.5) is 0 Å². The molecule has 0 unspecified atom stereocenters. The van der Waals surface area contributed by atoms with Gasteiger partial charge in [-0.1, -0.05) is 6.07 Å². The fraction of sp³-hybridized carbons (Fsp3) is 0.429. The number of ether oxygens (including phenoxy) is 2. The molecule has 1 aliphatic carbocycles.